The minimum absolute atomic E-state index is 0.115. The average molecular weight is 282 g/mol. The molecule has 0 aliphatic heterocycles. The fourth-order valence-electron chi connectivity index (χ4n) is 2.44. The van der Waals surface area contributed by atoms with Gasteiger partial charge in [-0.15, -0.1) is 11.6 Å². The first kappa shape index (κ1) is 16.0. The van der Waals surface area contributed by atoms with E-state index in [0.29, 0.717) is 12.4 Å². The van der Waals surface area contributed by atoms with Gasteiger partial charge in [0.25, 0.3) is 5.91 Å². The molecule has 0 saturated heterocycles. The van der Waals surface area contributed by atoms with Crippen LogP contribution in [0.4, 0.5) is 0 Å². The number of amides is 1. The number of benzene rings is 1. The van der Waals surface area contributed by atoms with Crippen molar-refractivity contribution in [1.29, 1.82) is 0 Å². The molecule has 0 aliphatic rings. The molecule has 0 saturated carbocycles. The van der Waals surface area contributed by atoms with Gasteiger partial charge >= 0.3 is 0 Å². The molecule has 0 spiro atoms. The van der Waals surface area contributed by atoms with Crippen LogP contribution in [0.5, 0.6) is 0 Å². The van der Waals surface area contributed by atoms with Crippen molar-refractivity contribution >= 4 is 17.5 Å². The Hall–Kier alpha value is -1.02. The van der Waals surface area contributed by atoms with Gasteiger partial charge in [0.15, 0.2) is 0 Å². The molecule has 106 valence electrons. The quantitative estimate of drug-likeness (QED) is 0.719. The summed E-state index contributed by atoms with van der Waals surface area (Å²) in [6.45, 7) is 9.60. The monoisotopic (exact) mass is 281 g/mol. The number of carbonyl (C=O) groups excluding carboxylic acids is 1. The SMILES string of the molecule is CCCCN(CCCl)C(=O)c1c(C)cc(C)cc1C. The van der Waals surface area contributed by atoms with Crippen molar-refractivity contribution in [1.82, 2.24) is 4.90 Å². The highest BCUT2D eigenvalue weighted by Gasteiger charge is 2.19. The fraction of sp³-hybridized carbons (Fsp3) is 0.562. The molecule has 1 aromatic rings. The van der Waals surface area contributed by atoms with E-state index in [2.05, 4.69) is 26.0 Å². The van der Waals surface area contributed by atoms with Gasteiger partial charge in [-0.1, -0.05) is 31.0 Å². The molecule has 19 heavy (non-hydrogen) atoms. The second-order valence-corrected chi connectivity index (χ2v) is 5.49. The van der Waals surface area contributed by atoms with E-state index in [0.717, 1.165) is 36.1 Å². The smallest absolute Gasteiger partial charge is 0.254 e. The number of rotatable bonds is 6. The number of nitrogens with zero attached hydrogens (tertiary/aromatic N) is 1. The maximum absolute atomic E-state index is 12.7. The molecule has 1 rings (SSSR count). The highest BCUT2D eigenvalue weighted by molar-refractivity contribution is 6.18. The van der Waals surface area contributed by atoms with Crippen LogP contribution in [-0.2, 0) is 0 Å². The van der Waals surface area contributed by atoms with Gasteiger partial charge in [0, 0.05) is 24.5 Å². The summed E-state index contributed by atoms with van der Waals surface area (Å²) >= 11 is 5.82. The van der Waals surface area contributed by atoms with Crippen LogP contribution in [0, 0.1) is 20.8 Å². The molecule has 0 N–H and O–H groups in total. The lowest BCUT2D eigenvalue weighted by Gasteiger charge is -2.23. The predicted octanol–water partition coefficient (Wildman–Crippen LogP) is 4.09. The lowest BCUT2D eigenvalue weighted by Crippen LogP contribution is -2.34. The summed E-state index contributed by atoms with van der Waals surface area (Å²) in [4.78, 5) is 14.5. The van der Waals surface area contributed by atoms with E-state index < -0.39 is 0 Å². The van der Waals surface area contributed by atoms with Crippen LogP contribution in [0.25, 0.3) is 0 Å². The Balaban J connectivity index is 3.02. The molecule has 0 radical (unpaired) electrons. The topological polar surface area (TPSA) is 20.3 Å². The van der Waals surface area contributed by atoms with Crippen LogP contribution in [0.2, 0.25) is 0 Å². The Morgan fingerprint density at radius 3 is 2.21 bits per heavy atom. The molecule has 1 amide bonds. The molecule has 3 heteroatoms. The summed E-state index contributed by atoms with van der Waals surface area (Å²) in [6, 6.07) is 4.14. The maximum atomic E-state index is 12.7. The summed E-state index contributed by atoms with van der Waals surface area (Å²) in [7, 11) is 0. The minimum Gasteiger partial charge on any atom is -0.337 e. The normalized spacial score (nSPS) is 10.6. The van der Waals surface area contributed by atoms with E-state index in [4.69, 9.17) is 11.6 Å². The third kappa shape index (κ3) is 4.24. The van der Waals surface area contributed by atoms with Crippen molar-refractivity contribution in [2.24, 2.45) is 0 Å². The van der Waals surface area contributed by atoms with E-state index in [9.17, 15) is 4.79 Å². The number of hydrogen-bond acceptors (Lipinski definition) is 1. The molecule has 0 aromatic heterocycles. The van der Waals surface area contributed by atoms with Crippen molar-refractivity contribution in [3.63, 3.8) is 0 Å². The van der Waals surface area contributed by atoms with Crippen LogP contribution in [0.15, 0.2) is 12.1 Å². The number of halogens is 1. The summed E-state index contributed by atoms with van der Waals surface area (Å²) in [5.74, 6) is 0.600. The van der Waals surface area contributed by atoms with Crippen LogP contribution in [0.1, 0.15) is 46.8 Å². The van der Waals surface area contributed by atoms with Crippen molar-refractivity contribution in [3.05, 3.63) is 34.4 Å². The highest BCUT2D eigenvalue weighted by atomic mass is 35.5. The van der Waals surface area contributed by atoms with Gasteiger partial charge in [-0.3, -0.25) is 4.79 Å². The zero-order valence-electron chi connectivity index (χ0n) is 12.4. The van der Waals surface area contributed by atoms with Crippen molar-refractivity contribution < 1.29 is 4.79 Å². The van der Waals surface area contributed by atoms with Crippen LogP contribution >= 0.6 is 11.6 Å². The molecule has 0 bridgehead atoms. The van der Waals surface area contributed by atoms with Crippen molar-refractivity contribution in [2.45, 2.75) is 40.5 Å². The van der Waals surface area contributed by atoms with E-state index in [1.165, 1.54) is 5.56 Å². The van der Waals surface area contributed by atoms with Gasteiger partial charge < -0.3 is 4.90 Å². The zero-order valence-corrected chi connectivity index (χ0v) is 13.2. The van der Waals surface area contributed by atoms with E-state index in [1.807, 2.05) is 18.7 Å². The second kappa shape index (κ2) is 7.54. The lowest BCUT2D eigenvalue weighted by molar-refractivity contribution is 0.0762. The average Bonchev–Trinajstić information content (AvgIpc) is 2.33. The van der Waals surface area contributed by atoms with Gasteiger partial charge in [-0.05, 0) is 38.3 Å². The summed E-state index contributed by atoms with van der Waals surface area (Å²) in [6.07, 6.45) is 2.10. The fourth-order valence-corrected chi connectivity index (χ4v) is 2.65. The molecular formula is C16H24ClNO. The number of alkyl halides is 1. The van der Waals surface area contributed by atoms with Gasteiger partial charge in [0.1, 0.15) is 0 Å². The summed E-state index contributed by atoms with van der Waals surface area (Å²) < 4.78 is 0. The maximum Gasteiger partial charge on any atom is 0.254 e. The lowest BCUT2D eigenvalue weighted by atomic mass is 9.98. The Morgan fingerprint density at radius 1 is 1.16 bits per heavy atom. The van der Waals surface area contributed by atoms with Gasteiger partial charge in [-0.2, -0.15) is 0 Å². The molecule has 0 unspecified atom stereocenters. The number of carbonyl (C=O) groups is 1. The highest BCUT2D eigenvalue weighted by Crippen LogP contribution is 2.19. The van der Waals surface area contributed by atoms with E-state index >= 15 is 0 Å². The number of aryl methyl sites for hydroxylation is 3. The number of hydrogen-bond donors (Lipinski definition) is 0. The largest absolute Gasteiger partial charge is 0.337 e. The summed E-state index contributed by atoms with van der Waals surface area (Å²) in [5.41, 5.74) is 4.15. The zero-order chi connectivity index (χ0) is 14.4. The van der Waals surface area contributed by atoms with E-state index in [-0.39, 0.29) is 5.91 Å². The second-order valence-electron chi connectivity index (χ2n) is 5.11. The first-order chi connectivity index (χ1) is 9.01. The third-order valence-corrected chi connectivity index (χ3v) is 3.48. The van der Waals surface area contributed by atoms with Crippen molar-refractivity contribution in [2.75, 3.05) is 19.0 Å². The molecule has 2 nitrogen and oxygen atoms in total. The van der Waals surface area contributed by atoms with Gasteiger partial charge in [0.2, 0.25) is 0 Å². The summed E-state index contributed by atoms with van der Waals surface area (Å²) in [5, 5.41) is 0. The van der Waals surface area contributed by atoms with Crippen LogP contribution in [0.3, 0.4) is 0 Å². The standard InChI is InChI=1S/C16H24ClNO/c1-5-6-8-18(9-7-17)16(19)15-13(3)10-12(2)11-14(15)4/h10-11H,5-9H2,1-4H3. The first-order valence-corrected chi connectivity index (χ1v) is 7.47. The number of unbranched alkanes of at least 4 members (excludes halogenated alkanes) is 1. The van der Waals surface area contributed by atoms with Crippen LogP contribution in [-0.4, -0.2) is 29.8 Å². The third-order valence-electron chi connectivity index (χ3n) is 3.31. The molecule has 0 aliphatic carbocycles. The predicted molar refractivity (Wildman–Crippen MR) is 82.2 cm³/mol. The Bertz CT molecular complexity index is 419. The minimum atomic E-state index is 0.115. The first-order valence-electron chi connectivity index (χ1n) is 6.94. The van der Waals surface area contributed by atoms with E-state index in [1.54, 1.807) is 0 Å². The molecular weight excluding hydrogens is 258 g/mol. The molecule has 0 atom stereocenters. The van der Waals surface area contributed by atoms with Crippen molar-refractivity contribution in [3.8, 4) is 0 Å². The Morgan fingerprint density at radius 2 is 1.74 bits per heavy atom. The van der Waals surface area contributed by atoms with Crippen LogP contribution < -0.4 is 0 Å². The molecule has 0 heterocycles. The van der Waals surface area contributed by atoms with Gasteiger partial charge in [0.05, 0.1) is 0 Å². The Labute approximate surface area is 121 Å². The Kier molecular flexibility index (Phi) is 6.36. The van der Waals surface area contributed by atoms with Gasteiger partial charge in [-0.25, -0.2) is 0 Å². The molecule has 0 fully saturated rings. The molecule has 1 aromatic carbocycles.